The Bertz CT molecular complexity index is 1260. The Hall–Kier alpha value is -1.98. The molecule has 0 saturated carbocycles. The summed E-state index contributed by atoms with van der Waals surface area (Å²) < 4.78 is 34.5. The van der Waals surface area contributed by atoms with Crippen molar-refractivity contribution in [1.82, 2.24) is 19.1 Å². The molecular formula is C20H21ClN4O4S2. The first-order chi connectivity index (χ1) is 14.8. The number of amides is 1. The third-order valence-corrected chi connectivity index (χ3v) is 9.37. The number of thiophene rings is 1. The number of fused-ring (bicyclic) bond motifs is 2. The van der Waals surface area contributed by atoms with Gasteiger partial charge >= 0.3 is 5.91 Å². The Labute approximate surface area is 189 Å². The van der Waals surface area contributed by atoms with E-state index in [0.29, 0.717) is 24.7 Å². The second-order valence-electron chi connectivity index (χ2n) is 7.82. The van der Waals surface area contributed by atoms with Gasteiger partial charge in [0.1, 0.15) is 9.97 Å². The van der Waals surface area contributed by atoms with Crippen LogP contribution in [0, 0.1) is 0 Å². The van der Waals surface area contributed by atoms with Gasteiger partial charge in [0.15, 0.2) is 0 Å². The van der Waals surface area contributed by atoms with Gasteiger partial charge < -0.3 is 9.32 Å². The van der Waals surface area contributed by atoms with Crippen molar-refractivity contribution in [2.45, 2.75) is 17.2 Å². The van der Waals surface area contributed by atoms with Gasteiger partial charge in [-0.3, -0.25) is 9.69 Å². The normalized spacial score (nSPS) is 18.5. The molecule has 31 heavy (non-hydrogen) atoms. The van der Waals surface area contributed by atoms with Gasteiger partial charge in [0.25, 0.3) is 15.9 Å². The van der Waals surface area contributed by atoms with Crippen molar-refractivity contribution in [1.29, 1.82) is 0 Å². The van der Waals surface area contributed by atoms with Crippen molar-refractivity contribution in [3.05, 3.63) is 46.6 Å². The number of hydrogen-bond acceptors (Lipinski definition) is 7. The van der Waals surface area contributed by atoms with E-state index in [0.717, 1.165) is 34.5 Å². The van der Waals surface area contributed by atoms with E-state index in [-0.39, 0.29) is 29.1 Å². The maximum atomic E-state index is 13.1. The largest absolute Gasteiger partial charge is 0.436 e. The smallest absolute Gasteiger partial charge is 0.309 e. The van der Waals surface area contributed by atoms with E-state index in [1.807, 2.05) is 13.1 Å². The molecule has 5 rings (SSSR count). The van der Waals surface area contributed by atoms with E-state index in [1.54, 1.807) is 23.1 Å². The standard InChI is InChI=1S/C20H21ClN4O4S2/c1-23-5-4-15-16(12-23)29-19(22-15)20(26)24-6-8-25(9-7-24)31(27,28)18-10-13-2-3-14(21)11-17(13)30-18/h2-3,10-11H,4-9,12H2,1H3. The monoisotopic (exact) mass is 480 g/mol. The van der Waals surface area contributed by atoms with E-state index < -0.39 is 10.0 Å². The van der Waals surface area contributed by atoms with Crippen molar-refractivity contribution in [2.75, 3.05) is 39.8 Å². The van der Waals surface area contributed by atoms with Gasteiger partial charge in [-0.2, -0.15) is 4.31 Å². The number of hydrogen-bond donors (Lipinski definition) is 0. The van der Waals surface area contributed by atoms with Crippen LogP contribution >= 0.6 is 22.9 Å². The highest BCUT2D eigenvalue weighted by Crippen LogP contribution is 2.33. The molecule has 4 heterocycles. The molecule has 164 valence electrons. The first kappa shape index (κ1) is 20.9. The third kappa shape index (κ3) is 3.87. The van der Waals surface area contributed by atoms with Crippen LogP contribution in [0.3, 0.4) is 0 Å². The molecule has 0 bridgehead atoms. The number of likely N-dealkylation sites (N-methyl/N-ethyl adjacent to an activating group) is 1. The van der Waals surface area contributed by atoms with Gasteiger partial charge in [-0.25, -0.2) is 13.4 Å². The zero-order valence-electron chi connectivity index (χ0n) is 16.9. The van der Waals surface area contributed by atoms with Crippen LogP contribution in [-0.4, -0.2) is 73.2 Å². The van der Waals surface area contributed by atoms with Gasteiger partial charge in [-0.05, 0) is 30.6 Å². The molecule has 1 saturated heterocycles. The Balaban J connectivity index is 1.28. The summed E-state index contributed by atoms with van der Waals surface area (Å²) in [7, 11) is -1.63. The van der Waals surface area contributed by atoms with Crippen molar-refractivity contribution in [2.24, 2.45) is 0 Å². The summed E-state index contributed by atoms with van der Waals surface area (Å²) in [5, 5.41) is 1.42. The maximum Gasteiger partial charge on any atom is 0.309 e. The quantitative estimate of drug-likeness (QED) is 0.572. The highest BCUT2D eigenvalue weighted by Gasteiger charge is 2.33. The summed E-state index contributed by atoms with van der Waals surface area (Å²) in [5.41, 5.74) is 0.840. The maximum absolute atomic E-state index is 13.1. The molecule has 0 radical (unpaired) electrons. The number of oxazole rings is 1. The molecule has 2 aromatic heterocycles. The first-order valence-corrected chi connectivity index (χ1v) is 12.6. The van der Waals surface area contributed by atoms with Crippen LogP contribution in [-0.2, 0) is 23.0 Å². The van der Waals surface area contributed by atoms with Crippen LogP contribution in [0.5, 0.6) is 0 Å². The minimum atomic E-state index is -3.63. The number of aromatic nitrogens is 1. The number of nitrogens with zero attached hydrogens (tertiary/aromatic N) is 4. The Kier molecular flexibility index (Phi) is 5.30. The average molecular weight is 481 g/mol. The molecule has 1 fully saturated rings. The molecular weight excluding hydrogens is 460 g/mol. The topological polar surface area (TPSA) is 87.0 Å². The van der Waals surface area contributed by atoms with Crippen molar-refractivity contribution < 1.29 is 17.6 Å². The fraction of sp³-hybridized carbons (Fsp3) is 0.400. The molecule has 0 atom stereocenters. The van der Waals surface area contributed by atoms with Crippen LogP contribution < -0.4 is 0 Å². The van der Waals surface area contributed by atoms with Crippen LogP contribution in [0.2, 0.25) is 5.02 Å². The second-order valence-corrected chi connectivity index (χ2v) is 11.5. The number of carbonyl (C=O) groups is 1. The minimum absolute atomic E-state index is 0.0954. The summed E-state index contributed by atoms with van der Waals surface area (Å²) in [6.07, 6.45) is 0.759. The number of rotatable bonds is 3. The molecule has 3 aromatic rings. The van der Waals surface area contributed by atoms with E-state index in [9.17, 15) is 13.2 Å². The molecule has 0 N–H and O–H groups in total. The summed E-state index contributed by atoms with van der Waals surface area (Å²) in [6, 6.07) is 7.01. The number of sulfonamides is 1. The predicted molar refractivity (Wildman–Crippen MR) is 118 cm³/mol. The Morgan fingerprint density at radius 1 is 1.16 bits per heavy atom. The lowest BCUT2D eigenvalue weighted by Gasteiger charge is -2.32. The summed E-state index contributed by atoms with van der Waals surface area (Å²) in [6.45, 7) is 2.57. The Morgan fingerprint density at radius 2 is 1.94 bits per heavy atom. The SMILES string of the molecule is CN1CCc2nc(C(=O)N3CCN(S(=O)(=O)c4cc5ccc(Cl)cc5s4)CC3)oc2C1. The van der Waals surface area contributed by atoms with Crippen LogP contribution in [0.15, 0.2) is 32.9 Å². The van der Waals surface area contributed by atoms with Crippen LogP contribution in [0.25, 0.3) is 10.1 Å². The van der Waals surface area contributed by atoms with E-state index in [4.69, 9.17) is 16.0 Å². The molecule has 8 nitrogen and oxygen atoms in total. The van der Waals surface area contributed by atoms with Gasteiger partial charge in [-0.1, -0.05) is 17.7 Å². The molecule has 2 aliphatic rings. The van der Waals surface area contributed by atoms with Crippen molar-refractivity contribution >= 4 is 49.0 Å². The van der Waals surface area contributed by atoms with E-state index in [1.165, 1.54) is 15.6 Å². The molecule has 1 amide bonds. The van der Waals surface area contributed by atoms with Crippen LogP contribution in [0.1, 0.15) is 22.1 Å². The number of carbonyl (C=O) groups excluding carboxylic acids is 1. The summed E-state index contributed by atoms with van der Waals surface area (Å²) in [5.74, 6) is 0.548. The molecule has 2 aliphatic heterocycles. The fourth-order valence-corrected chi connectivity index (χ4v) is 7.17. The fourth-order valence-electron chi connectivity index (χ4n) is 3.92. The Morgan fingerprint density at radius 3 is 2.71 bits per heavy atom. The zero-order chi connectivity index (χ0) is 21.8. The third-order valence-electron chi connectivity index (χ3n) is 5.68. The van der Waals surface area contributed by atoms with Gasteiger partial charge in [0.2, 0.25) is 0 Å². The molecule has 1 aromatic carbocycles. The van der Waals surface area contributed by atoms with Gasteiger partial charge in [-0.15, -0.1) is 11.3 Å². The summed E-state index contributed by atoms with van der Waals surface area (Å²) >= 11 is 7.23. The van der Waals surface area contributed by atoms with Gasteiger partial charge in [0, 0.05) is 48.9 Å². The van der Waals surface area contributed by atoms with E-state index >= 15 is 0 Å². The van der Waals surface area contributed by atoms with Crippen molar-refractivity contribution in [3.8, 4) is 0 Å². The molecule has 0 aliphatic carbocycles. The highest BCUT2D eigenvalue weighted by molar-refractivity contribution is 7.91. The number of benzene rings is 1. The summed E-state index contributed by atoms with van der Waals surface area (Å²) in [4.78, 5) is 21.0. The minimum Gasteiger partial charge on any atom is -0.436 e. The predicted octanol–water partition coefficient (Wildman–Crippen LogP) is 2.68. The number of piperazine rings is 1. The van der Waals surface area contributed by atoms with Crippen LogP contribution in [0.4, 0.5) is 0 Å². The van der Waals surface area contributed by atoms with Crippen molar-refractivity contribution in [3.63, 3.8) is 0 Å². The van der Waals surface area contributed by atoms with Gasteiger partial charge in [0.05, 0.1) is 12.2 Å². The average Bonchev–Trinajstić information content (AvgIpc) is 3.37. The molecule has 0 spiro atoms. The first-order valence-electron chi connectivity index (χ1n) is 9.97. The second kappa shape index (κ2) is 7.86. The number of halogens is 1. The van der Waals surface area contributed by atoms with E-state index in [2.05, 4.69) is 9.88 Å². The molecule has 11 heteroatoms. The molecule has 0 unspecified atom stereocenters. The highest BCUT2D eigenvalue weighted by atomic mass is 35.5. The lowest BCUT2D eigenvalue weighted by molar-refractivity contribution is 0.0654. The lowest BCUT2D eigenvalue weighted by Crippen LogP contribution is -2.50. The zero-order valence-corrected chi connectivity index (χ0v) is 19.3. The lowest BCUT2D eigenvalue weighted by atomic mass is 10.2.